The summed E-state index contributed by atoms with van der Waals surface area (Å²) in [4.78, 5) is 13.2. The number of halogens is 1. The Morgan fingerprint density at radius 3 is 2.73 bits per heavy atom. The zero-order chi connectivity index (χ0) is 19.6. The molecule has 1 aromatic carbocycles. The number of aliphatic hydroxyl groups excluding tert-OH is 1. The second kappa shape index (κ2) is 8.24. The third-order valence-corrected chi connectivity index (χ3v) is 7.13. The van der Waals surface area contributed by atoms with Gasteiger partial charge in [-0.05, 0) is 25.1 Å². The maximum Gasteiger partial charge on any atom is 0.247 e. The van der Waals surface area contributed by atoms with E-state index in [1.54, 1.807) is 31.0 Å². The van der Waals surface area contributed by atoms with E-state index in [-0.39, 0.29) is 41.7 Å². The van der Waals surface area contributed by atoms with Crippen LogP contribution in [-0.4, -0.2) is 67.5 Å². The van der Waals surface area contributed by atoms with Crippen LogP contribution >= 0.6 is 15.9 Å². The maximum atomic E-state index is 13.1. The van der Waals surface area contributed by atoms with Gasteiger partial charge in [-0.25, -0.2) is 8.42 Å². The number of likely N-dealkylation sites (N-methyl/N-ethyl adjacent to an activating group) is 1. The van der Waals surface area contributed by atoms with Gasteiger partial charge in [0.25, 0.3) is 0 Å². The van der Waals surface area contributed by atoms with Crippen molar-refractivity contribution in [2.75, 3.05) is 26.7 Å². The van der Waals surface area contributed by atoms with Crippen molar-refractivity contribution in [3.8, 4) is 5.75 Å². The first-order chi connectivity index (χ1) is 12.1. The Kier molecular flexibility index (Phi) is 6.70. The Labute approximate surface area is 163 Å². The Hall–Kier alpha value is -1.16. The molecule has 0 aliphatic carbocycles. The maximum absolute atomic E-state index is 13.1. The summed E-state index contributed by atoms with van der Waals surface area (Å²) in [5.41, 5.74) is 0. The fraction of sp³-hybridized carbons (Fsp3) is 0.588. The topological polar surface area (TPSA) is 87.2 Å². The number of hydrogen-bond donors (Lipinski definition) is 1. The van der Waals surface area contributed by atoms with E-state index in [0.29, 0.717) is 11.0 Å². The zero-order valence-corrected chi connectivity index (χ0v) is 17.7. The van der Waals surface area contributed by atoms with E-state index >= 15 is 0 Å². The minimum absolute atomic E-state index is 0.0587. The average molecular weight is 449 g/mol. The Balaban J connectivity index is 2.54. The highest BCUT2D eigenvalue weighted by Gasteiger charge is 2.38. The summed E-state index contributed by atoms with van der Waals surface area (Å²) < 4.78 is 34.3. The molecule has 1 amide bonds. The van der Waals surface area contributed by atoms with Crippen molar-refractivity contribution in [3.05, 3.63) is 22.7 Å². The molecule has 0 aromatic heterocycles. The van der Waals surface area contributed by atoms with Gasteiger partial charge in [-0.3, -0.25) is 4.79 Å². The molecule has 1 N–H and O–H groups in total. The SMILES string of the molecule is CC(=O)N(C)C[C@H]1Oc2cc(Br)ccc2S(=O)(=O)N([C@H](C)CO)C[C@@H]1C. The van der Waals surface area contributed by atoms with Crippen LogP contribution in [0.4, 0.5) is 0 Å². The van der Waals surface area contributed by atoms with E-state index in [4.69, 9.17) is 4.74 Å². The predicted molar refractivity (Wildman–Crippen MR) is 101 cm³/mol. The third kappa shape index (κ3) is 4.39. The minimum Gasteiger partial charge on any atom is -0.487 e. The number of benzene rings is 1. The van der Waals surface area contributed by atoms with Crippen molar-refractivity contribution in [2.45, 2.75) is 37.8 Å². The van der Waals surface area contributed by atoms with Crippen molar-refractivity contribution < 1.29 is 23.1 Å². The highest BCUT2D eigenvalue weighted by molar-refractivity contribution is 9.10. The molecule has 9 heteroatoms. The van der Waals surface area contributed by atoms with Crippen LogP contribution in [0.3, 0.4) is 0 Å². The predicted octanol–water partition coefficient (Wildman–Crippen LogP) is 1.70. The third-order valence-electron chi connectivity index (χ3n) is 4.62. The first kappa shape index (κ1) is 21.1. The molecule has 1 aliphatic rings. The van der Waals surface area contributed by atoms with Crippen LogP contribution in [0.25, 0.3) is 0 Å². The quantitative estimate of drug-likeness (QED) is 0.756. The highest BCUT2D eigenvalue weighted by atomic mass is 79.9. The van der Waals surface area contributed by atoms with Gasteiger partial charge in [0.05, 0.1) is 13.2 Å². The van der Waals surface area contributed by atoms with Crippen LogP contribution in [0.2, 0.25) is 0 Å². The number of ether oxygens (including phenoxy) is 1. The van der Waals surface area contributed by atoms with Crippen LogP contribution in [0.1, 0.15) is 20.8 Å². The fourth-order valence-electron chi connectivity index (χ4n) is 2.82. The highest BCUT2D eigenvalue weighted by Crippen LogP contribution is 2.35. The molecule has 1 aliphatic heterocycles. The van der Waals surface area contributed by atoms with Crippen molar-refractivity contribution in [1.82, 2.24) is 9.21 Å². The van der Waals surface area contributed by atoms with Gasteiger partial charge in [0, 0.05) is 36.9 Å². The van der Waals surface area contributed by atoms with E-state index in [9.17, 15) is 18.3 Å². The van der Waals surface area contributed by atoms with Gasteiger partial charge < -0.3 is 14.7 Å². The lowest BCUT2D eigenvalue weighted by molar-refractivity contribution is -0.129. The molecule has 1 heterocycles. The van der Waals surface area contributed by atoms with Gasteiger partial charge in [-0.1, -0.05) is 22.9 Å². The lowest BCUT2D eigenvalue weighted by atomic mass is 10.0. The van der Waals surface area contributed by atoms with E-state index in [1.807, 2.05) is 6.92 Å². The first-order valence-electron chi connectivity index (χ1n) is 8.38. The van der Waals surface area contributed by atoms with Crippen LogP contribution in [0, 0.1) is 5.92 Å². The Morgan fingerprint density at radius 2 is 2.15 bits per heavy atom. The van der Waals surface area contributed by atoms with E-state index in [2.05, 4.69) is 15.9 Å². The number of aliphatic hydroxyl groups is 1. The number of sulfonamides is 1. The molecule has 0 radical (unpaired) electrons. The summed E-state index contributed by atoms with van der Waals surface area (Å²) in [6.45, 7) is 5.27. The zero-order valence-electron chi connectivity index (χ0n) is 15.3. The van der Waals surface area contributed by atoms with Gasteiger partial charge in [0.15, 0.2) is 0 Å². The van der Waals surface area contributed by atoms with Gasteiger partial charge in [0.1, 0.15) is 16.7 Å². The molecule has 0 fully saturated rings. The molecule has 0 bridgehead atoms. The van der Waals surface area contributed by atoms with E-state index in [1.165, 1.54) is 17.3 Å². The Morgan fingerprint density at radius 1 is 1.50 bits per heavy atom. The lowest BCUT2D eigenvalue weighted by Crippen LogP contribution is -2.50. The monoisotopic (exact) mass is 448 g/mol. The number of nitrogens with zero attached hydrogens (tertiary/aromatic N) is 2. The smallest absolute Gasteiger partial charge is 0.247 e. The second-order valence-electron chi connectivity index (χ2n) is 6.73. The molecular formula is C17H25BrN2O5S. The average Bonchev–Trinajstić information content (AvgIpc) is 2.56. The van der Waals surface area contributed by atoms with Crippen LogP contribution in [0.15, 0.2) is 27.6 Å². The van der Waals surface area contributed by atoms with Crippen LogP contribution in [0.5, 0.6) is 5.75 Å². The van der Waals surface area contributed by atoms with Crippen molar-refractivity contribution >= 4 is 31.9 Å². The standard InChI is InChI=1S/C17H25BrN2O5S/c1-11-8-20(12(2)10-21)26(23,24)17-6-5-14(18)7-15(17)25-16(11)9-19(4)13(3)22/h5-7,11-12,16,21H,8-10H2,1-4H3/t11-,12+,16+/m0/s1. The molecule has 0 saturated heterocycles. The number of rotatable bonds is 4. The second-order valence-corrected chi connectivity index (χ2v) is 9.51. The van der Waals surface area contributed by atoms with Crippen molar-refractivity contribution in [1.29, 1.82) is 0 Å². The van der Waals surface area contributed by atoms with Gasteiger partial charge in [-0.2, -0.15) is 4.31 Å². The van der Waals surface area contributed by atoms with Gasteiger partial charge in [0.2, 0.25) is 15.9 Å². The van der Waals surface area contributed by atoms with Crippen molar-refractivity contribution in [3.63, 3.8) is 0 Å². The summed E-state index contributed by atoms with van der Waals surface area (Å²) in [7, 11) is -2.14. The summed E-state index contributed by atoms with van der Waals surface area (Å²) in [5, 5.41) is 9.55. The van der Waals surface area contributed by atoms with Crippen LogP contribution in [-0.2, 0) is 14.8 Å². The summed E-state index contributed by atoms with van der Waals surface area (Å²) >= 11 is 3.35. The summed E-state index contributed by atoms with van der Waals surface area (Å²) in [6, 6.07) is 4.19. The van der Waals surface area contributed by atoms with E-state index in [0.717, 1.165) is 0 Å². The molecular weight excluding hydrogens is 424 g/mol. The van der Waals surface area contributed by atoms with E-state index < -0.39 is 16.1 Å². The summed E-state index contributed by atoms with van der Waals surface area (Å²) in [6.07, 6.45) is -0.388. The number of hydrogen-bond acceptors (Lipinski definition) is 5. The van der Waals surface area contributed by atoms with Gasteiger partial charge >= 0.3 is 0 Å². The minimum atomic E-state index is -3.82. The lowest BCUT2D eigenvalue weighted by Gasteiger charge is -2.37. The fourth-order valence-corrected chi connectivity index (χ4v) is 4.98. The molecule has 3 atom stereocenters. The largest absolute Gasteiger partial charge is 0.487 e. The number of carbonyl (C=O) groups excluding carboxylic acids is 1. The van der Waals surface area contributed by atoms with Crippen LogP contribution < -0.4 is 4.74 Å². The summed E-state index contributed by atoms with van der Waals surface area (Å²) in [5.74, 6) is -0.0405. The molecule has 146 valence electrons. The molecule has 0 unspecified atom stereocenters. The molecule has 26 heavy (non-hydrogen) atoms. The molecule has 1 aromatic rings. The molecule has 0 saturated carbocycles. The number of fused-ring (bicyclic) bond motifs is 1. The van der Waals surface area contributed by atoms with Gasteiger partial charge in [-0.15, -0.1) is 0 Å². The number of amides is 1. The molecule has 2 rings (SSSR count). The molecule has 0 spiro atoms. The normalized spacial score (nSPS) is 23.9. The van der Waals surface area contributed by atoms with Crippen molar-refractivity contribution in [2.24, 2.45) is 5.92 Å². The molecule has 7 nitrogen and oxygen atoms in total. The Bertz CT molecular complexity index is 770. The first-order valence-corrected chi connectivity index (χ1v) is 10.6. The number of carbonyl (C=O) groups is 1.